The van der Waals surface area contributed by atoms with E-state index in [4.69, 9.17) is 0 Å². The van der Waals surface area contributed by atoms with Gasteiger partial charge in [0.05, 0.1) is 0 Å². The molecule has 1 aromatic carbocycles. The number of fused-ring (bicyclic) bond motifs is 1. The third-order valence-electron chi connectivity index (χ3n) is 2.54. The summed E-state index contributed by atoms with van der Waals surface area (Å²) in [6.45, 7) is 0. The normalized spacial score (nSPS) is 10.8. The van der Waals surface area contributed by atoms with Crippen molar-refractivity contribution in [1.82, 2.24) is 9.97 Å². The van der Waals surface area contributed by atoms with E-state index in [1.807, 2.05) is 24.6 Å². The summed E-state index contributed by atoms with van der Waals surface area (Å²) < 4.78 is 1.08. The lowest BCUT2D eigenvalue weighted by Gasteiger charge is -2.05. The molecule has 0 aliphatic heterocycles. The van der Waals surface area contributed by atoms with Crippen LogP contribution in [0.4, 0.5) is 5.95 Å². The van der Waals surface area contributed by atoms with Gasteiger partial charge in [-0.1, -0.05) is 27.7 Å². The highest BCUT2D eigenvalue weighted by Gasteiger charge is 2.09. The first-order valence-corrected chi connectivity index (χ1v) is 8.11. The summed E-state index contributed by atoms with van der Waals surface area (Å²) in [5.74, 6) is 0.662. The van der Waals surface area contributed by atoms with Crippen LogP contribution in [0.25, 0.3) is 10.2 Å². The number of nitrogens with one attached hydrogen (secondary N) is 1. The Labute approximate surface area is 127 Å². The molecule has 0 amide bonds. The molecule has 0 saturated carbocycles. The summed E-state index contributed by atoms with van der Waals surface area (Å²) in [4.78, 5) is 11.2. The largest absolute Gasteiger partial charge is 0.357 e. The fourth-order valence-electron chi connectivity index (χ4n) is 1.63. The van der Waals surface area contributed by atoms with Gasteiger partial charge in [0.25, 0.3) is 0 Å². The molecule has 3 aromatic rings. The third kappa shape index (κ3) is 2.75. The first kappa shape index (κ1) is 12.9. The Morgan fingerprint density at radius 3 is 2.68 bits per heavy atom. The molecular weight excluding hydrogens is 342 g/mol. The summed E-state index contributed by atoms with van der Waals surface area (Å²) in [6, 6.07) is 10.3. The second kappa shape index (κ2) is 5.48. The number of aromatic nitrogens is 2. The van der Waals surface area contributed by atoms with Gasteiger partial charge < -0.3 is 5.32 Å². The molecule has 0 aliphatic carbocycles. The van der Waals surface area contributed by atoms with Crippen molar-refractivity contribution in [3.05, 3.63) is 40.2 Å². The Balaban J connectivity index is 2.03. The molecule has 0 spiro atoms. The molecule has 96 valence electrons. The van der Waals surface area contributed by atoms with Gasteiger partial charge in [0.15, 0.2) is 0 Å². The molecule has 0 aliphatic rings. The van der Waals surface area contributed by atoms with E-state index in [9.17, 15) is 0 Å². The Kier molecular flexibility index (Phi) is 3.72. The monoisotopic (exact) mass is 351 g/mol. The SMILES string of the molecule is CNc1nc(Sc2ccc(Br)cc2)c2ccsc2n1. The number of nitrogens with zero attached hydrogens (tertiary/aromatic N) is 2. The van der Waals surface area contributed by atoms with Crippen molar-refractivity contribution in [3.63, 3.8) is 0 Å². The lowest BCUT2D eigenvalue weighted by Crippen LogP contribution is -1.96. The zero-order valence-corrected chi connectivity index (χ0v) is 13.3. The molecule has 0 radical (unpaired) electrons. The van der Waals surface area contributed by atoms with Crippen LogP contribution in [0.2, 0.25) is 0 Å². The van der Waals surface area contributed by atoms with Gasteiger partial charge in [-0.25, -0.2) is 9.97 Å². The molecule has 2 heterocycles. The van der Waals surface area contributed by atoms with E-state index in [1.54, 1.807) is 23.1 Å². The molecular formula is C13H10BrN3S2. The standard InChI is InChI=1S/C13H10BrN3S2/c1-15-13-16-11-10(6-7-18-11)12(17-13)19-9-4-2-8(14)3-5-9/h2-7H,1H3,(H,15,16,17). The molecule has 0 unspecified atom stereocenters. The highest BCUT2D eigenvalue weighted by Crippen LogP contribution is 2.34. The summed E-state index contributed by atoms with van der Waals surface area (Å²) >= 11 is 6.73. The smallest absolute Gasteiger partial charge is 0.224 e. The number of hydrogen-bond acceptors (Lipinski definition) is 5. The maximum atomic E-state index is 4.55. The van der Waals surface area contributed by atoms with Gasteiger partial charge in [-0.15, -0.1) is 11.3 Å². The summed E-state index contributed by atoms with van der Waals surface area (Å²) in [5, 5.41) is 7.15. The molecule has 0 atom stereocenters. The average molecular weight is 352 g/mol. The van der Waals surface area contributed by atoms with Crippen LogP contribution in [-0.4, -0.2) is 17.0 Å². The van der Waals surface area contributed by atoms with Crippen molar-refractivity contribution in [2.45, 2.75) is 9.92 Å². The molecule has 1 N–H and O–H groups in total. The highest BCUT2D eigenvalue weighted by atomic mass is 79.9. The van der Waals surface area contributed by atoms with E-state index in [0.29, 0.717) is 5.95 Å². The van der Waals surface area contributed by atoms with Crippen molar-refractivity contribution in [1.29, 1.82) is 0 Å². The van der Waals surface area contributed by atoms with Gasteiger partial charge in [-0.2, -0.15) is 0 Å². The number of thiophene rings is 1. The molecule has 19 heavy (non-hydrogen) atoms. The Morgan fingerprint density at radius 1 is 1.16 bits per heavy atom. The highest BCUT2D eigenvalue weighted by molar-refractivity contribution is 9.10. The minimum atomic E-state index is 0.662. The molecule has 3 nitrogen and oxygen atoms in total. The number of anilines is 1. The molecule has 0 fully saturated rings. The van der Waals surface area contributed by atoms with Gasteiger partial charge in [0.2, 0.25) is 5.95 Å². The summed E-state index contributed by atoms with van der Waals surface area (Å²) in [7, 11) is 1.84. The third-order valence-corrected chi connectivity index (χ3v) is 4.89. The van der Waals surface area contributed by atoms with E-state index in [0.717, 1.165) is 24.6 Å². The number of benzene rings is 1. The first-order chi connectivity index (χ1) is 9.26. The van der Waals surface area contributed by atoms with Crippen LogP contribution < -0.4 is 5.32 Å². The van der Waals surface area contributed by atoms with Crippen LogP contribution in [0.5, 0.6) is 0 Å². The van der Waals surface area contributed by atoms with E-state index in [-0.39, 0.29) is 0 Å². The fourth-order valence-corrected chi connectivity index (χ4v) is 3.63. The lowest BCUT2D eigenvalue weighted by atomic mass is 10.4. The topological polar surface area (TPSA) is 37.8 Å². The number of hydrogen-bond donors (Lipinski definition) is 1. The van der Waals surface area contributed by atoms with E-state index < -0.39 is 0 Å². The predicted molar refractivity (Wildman–Crippen MR) is 85.2 cm³/mol. The molecule has 2 aromatic heterocycles. The second-order valence-electron chi connectivity index (χ2n) is 3.80. The molecule has 6 heteroatoms. The lowest BCUT2D eigenvalue weighted by molar-refractivity contribution is 1.10. The number of rotatable bonds is 3. The Hall–Kier alpha value is -1.11. The van der Waals surface area contributed by atoms with E-state index in [1.165, 1.54) is 0 Å². The molecule has 0 saturated heterocycles. The Morgan fingerprint density at radius 2 is 1.95 bits per heavy atom. The minimum Gasteiger partial charge on any atom is -0.357 e. The molecule has 3 rings (SSSR count). The predicted octanol–water partition coefficient (Wildman–Crippen LogP) is 4.65. The van der Waals surface area contributed by atoms with Gasteiger partial charge in [-0.3, -0.25) is 0 Å². The van der Waals surface area contributed by atoms with Crippen LogP contribution in [0.15, 0.2) is 50.1 Å². The zero-order valence-electron chi connectivity index (χ0n) is 10.1. The number of halogens is 1. The van der Waals surface area contributed by atoms with Gasteiger partial charge in [0.1, 0.15) is 9.86 Å². The molecule has 0 bridgehead atoms. The second-order valence-corrected chi connectivity index (χ2v) is 6.67. The van der Waals surface area contributed by atoms with Gasteiger partial charge in [0, 0.05) is 21.8 Å². The first-order valence-electron chi connectivity index (χ1n) is 5.62. The van der Waals surface area contributed by atoms with Crippen molar-refractivity contribution in [2.75, 3.05) is 12.4 Å². The minimum absolute atomic E-state index is 0.662. The fraction of sp³-hybridized carbons (Fsp3) is 0.0769. The average Bonchev–Trinajstić information content (AvgIpc) is 2.89. The van der Waals surface area contributed by atoms with Crippen molar-refractivity contribution in [3.8, 4) is 0 Å². The van der Waals surface area contributed by atoms with Crippen LogP contribution in [0.1, 0.15) is 0 Å². The maximum Gasteiger partial charge on any atom is 0.224 e. The van der Waals surface area contributed by atoms with Crippen LogP contribution >= 0.6 is 39.0 Å². The summed E-state index contributed by atoms with van der Waals surface area (Å²) in [5.41, 5.74) is 0. The van der Waals surface area contributed by atoms with Crippen LogP contribution in [0, 0.1) is 0 Å². The van der Waals surface area contributed by atoms with E-state index >= 15 is 0 Å². The zero-order chi connectivity index (χ0) is 13.2. The van der Waals surface area contributed by atoms with Crippen molar-refractivity contribution >= 4 is 55.2 Å². The maximum absolute atomic E-state index is 4.55. The summed E-state index contributed by atoms with van der Waals surface area (Å²) in [6.07, 6.45) is 0. The van der Waals surface area contributed by atoms with Gasteiger partial charge in [-0.05, 0) is 35.7 Å². The van der Waals surface area contributed by atoms with E-state index in [2.05, 4.69) is 49.4 Å². The van der Waals surface area contributed by atoms with Crippen molar-refractivity contribution in [2.24, 2.45) is 0 Å². The van der Waals surface area contributed by atoms with Crippen LogP contribution in [-0.2, 0) is 0 Å². The van der Waals surface area contributed by atoms with Crippen molar-refractivity contribution < 1.29 is 0 Å². The van der Waals surface area contributed by atoms with Gasteiger partial charge >= 0.3 is 0 Å². The Bertz CT molecular complexity index is 709. The van der Waals surface area contributed by atoms with Crippen LogP contribution in [0.3, 0.4) is 0 Å². The quantitative estimate of drug-likeness (QED) is 0.697.